The SMILES string of the molecule is C[C@H](Cc1ccco1)NC(=O)c1cn2cc(Cl)ccc2n1. The normalized spacial score (nSPS) is 12.5. The number of aromatic nitrogens is 2. The van der Waals surface area contributed by atoms with Gasteiger partial charge in [-0.05, 0) is 31.2 Å². The van der Waals surface area contributed by atoms with E-state index in [4.69, 9.17) is 16.0 Å². The van der Waals surface area contributed by atoms with Gasteiger partial charge in [-0.15, -0.1) is 0 Å². The van der Waals surface area contributed by atoms with Gasteiger partial charge in [0.25, 0.3) is 5.91 Å². The fourth-order valence-corrected chi connectivity index (χ4v) is 2.32. The van der Waals surface area contributed by atoms with Gasteiger partial charge in [-0.2, -0.15) is 0 Å². The second-order valence-electron chi connectivity index (χ2n) is 4.90. The number of carbonyl (C=O) groups is 1. The molecule has 0 saturated heterocycles. The molecule has 3 rings (SSSR count). The van der Waals surface area contributed by atoms with Crippen molar-refractivity contribution in [1.82, 2.24) is 14.7 Å². The number of carbonyl (C=O) groups excluding carboxylic acids is 1. The van der Waals surface area contributed by atoms with Crippen molar-refractivity contribution in [1.29, 1.82) is 0 Å². The third kappa shape index (κ3) is 3.08. The molecule has 0 bridgehead atoms. The number of furan rings is 1. The van der Waals surface area contributed by atoms with Crippen molar-refractivity contribution in [3.63, 3.8) is 0 Å². The summed E-state index contributed by atoms with van der Waals surface area (Å²) < 4.78 is 7.00. The number of imidazole rings is 1. The third-order valence-electron chi connectivity index (χ3n) is 3.11. The summed E-state index contributed by atoms with van der Waals surface area (Å²) in [5.41, 5.74) is 1.05. The molecule has 0 aliphatic carbocycles. The van der Waals surface area contributed by atoms with Gasteiger partial charge in [-0.1, -0.05) is 11.6 Å². The predicted molar refractivity (Wildman–Crippen MR) is 79.5 cm³/mol. The summed E-state index contributed by atoms with van der Waals surface area (Å²) in [6.07, 6.45) is 5.64. The van der Waals surface area contributed by atoms with Crippen molar-refractivity contribution in [2.24, 2.45) is 0 Å². The summed E-state index contributed by atoms with van der Waals surface area (Å²) in [5.74, 6) is 0.624. The van der Waals surface area contributed by atoms with Crippen LogP contribution in [0.1, 0.15) is 23.2 Å². The minimum absolute atomic E-state index is 0.0444. The quantitative estimate of drug-likeness (QED) is 0.806. The zero-order chi connectivity index (χ0) is 14.8. The molecular formula is C15H14ClN3O2. The molecule has 3 heterocycles. The van der Waals surface area contributed by atoms with E-state index in [2.05, 4.69) is 10.3 Å². The number of rotatable bonds is 4. The van der Waals surface area contributed by atoms with E-state index < -0.39 is 0 Å². The Morgan fingerprint density at radius 1 is 1.43 bits per heavy atom. The van der Waals surface area contributed by atoms with Crippen LogP contribution >= 0.6 is 11.6 Å². The minimum Gasteiger partial charge on any atom is -0.469 e. The Morgan fingerprint density at radius 2 is 2.29 bits per heavy atom. The molecule has 6 heteroatoms. The first-order chi connectivity index (χ1) is 10.1. The largest absolute Gasteiger partial charge is 0.469 e. The molecule has 21 heavy (non-hydrogen) atoms. The molecule has 3 aromatic heterocycles. The van der Waals surface area contributed by atoms with Crippen LogP contribution in [0.2, 0.25) is 5.02 Å². The second-order valence-corrected chi connectivity index (χ2v) is 5.33. The predicted octanol–water partition coefficient (Wildman–Crippen LogP) is 2.94. The monoisotopic (exact) mass is 303 g/mol. The standard InChI is InChI=1S/C15H14ClN3O2/c1-10(7-12-3-2-6-21-12)17-15(20)13-9-19-8-11(16)4-5-14(19)18-13/h2-6,8-10H,7H2,1H3,(H,17,20)/t10-/m1/s1. The maximum absolute atomic E-state index is 12.2. The number of hydrogen-bond acceptors (Lipinski definition) is 3. The molecule has 1 N–H and O–H groups in total. The van der Waals surface area contributed by atoms with Crippen LogP contribution in [-0.2, 0) is 6.42 Å². The maximum Gasteiger partial charge on any atom is 0.271 e. The van der Waals surface area contributed by atoms with Gasteiger partial charge in [-0.25, -0.2) is 4.98 Å². The van der Waals surface area contributed by atoms with E-state index in [9.17, 15) is 4.79 Å². The first-order valence-electron chi connectivity index (χ1n) is 6.59. The van der Waals surface area contributed by atoms with Gasteiger partial charge in [0, 0.05) is 24.9 Å². The Kier molecular flexibility index (Phi) is 3.66. The molecule has 0 unspecified atom stereocenters. The van der Waals surface area contributed by atoms with Crippen LogP contribution in [0.4, 0.5) is 0 Å². The fourth-order valence-electron chi connectivity index (χ4n) is 2.15. The van der Waals surface area contributed by atoms with E-state index in [1.54, 1.807) is 35.2 Å². The van der Waals surface area contributed by atoms with E-state index in [-0.39, 0.29) is 11.9 Å². The highest BCUT2D eigenvalue weighted by molar-refractivity contribution is 6.30. The van der Waals surface area contributed by atoms with Gasteiger partial charge >= 0.3 is 0 Å². The number of hydrogen-bond donors (Lipinski definition) is 1. The lowest BCUT2D eigenvalue weighted by molar-refractivity contribution is 0.0935. The van der Waals surface area contributed by atoms with Crippen LogP contribution in [0.25, 0.3) is 5.65 Å². The van der Waals surface area contributed by atoms with Crippen molar-refractivity contribution in [2.75, 3.05) is 0 Å². The summed E-state index contributed by atoms with van der Waals surface area (Å²) in [6, 6.07) is 7.18. The average molecular weight is 304 g/mol. The lowest BCUT2D eigenvalue weighted by Crippen LogP contribution is -2.34. The molecule has 0 radical (unpaired) electrons. The van der Waals surface area contributed by atoms with Crippen LogP contribution < -0.4 is 5.32 Å². The van der Waals surface area contributed by atoms with E-state index >= 15 is 0 Å². The van der Waals surface area contributed by atoms with Crippen LogP contribution in [0.15, 0.2) is 47.3 Å². The Labute approximate surface area is 126 Å². The van der Waals surface area contributed by atoms with Gasteiger partial charge in [0.1, 0.15) is 17.1 Å². The topological polar surface area (TPSA) is 59.5 Å². The molecule has 108 valence electrons. The molecular weight excluding hydrogens is 290 g/mol. The molecule has 0 spiro atoms. The zero-order valence-electron chi connectivity index (χ0n) is 11.4. The van der Waals surface area contributed by atoms with Crippen molar-refractivity contribution < 1.29 is 9.21 Å². The highest BCUT2D eigenvalue weighted by Gasteiger charge is 2.14. The Bertz CT molecular complexity index is 764. The molecule has 0 saturated carbocycles. The van der Waals surface area contributed by atoms with Gasteiger partial charge in [0.2, 0.25) is 0 Å². The average Bonchev–Trinajstić information content (AvgIpc) is 3.06. The van der Waals surface area contributed by atoms with Gasteiger partial charge in [0.15, 0.2) is 0 Å². The molecule has 0 aliphatic rings. The Hall–Kier alpha value is -2.27. The molecule has 5 nitrogen and oxygen atoms in total. The Balaban J connectivity index is 1.71. The Morgan fingerprint density at radius 3 is 3.05 bits per heavy atom. The highest BCUT2D eigenvalue weighted by atomic mass is 35.5. The number of nitrogens with one attached hydrogen (secondary N) is 1. The highest BCUT2D eigenvalue weighted by Crippen LogP contribution is 2.12. The fraction of sp³-hybridized carbons (Fsp3) is 0.200. The second kappa shape index (κ2) is 5.61. The van der Waals surface area contributed by atoms with E-state index in [0.29, 0.717) is 22.8 Å². The first kappa shape index (κ1) is 13.7. The lowest BCUT2D eigenvalue weighted by Gasteiger charge is -2.10. The number of pyridine rings is 1. The van der Waals surface area contributed by atoms with Crippen LogP contribution in [0.3, 0.4) is 0 Å². The summed E-state index contributed by atoms with van der Waals surface area (Å²) in [5, 5.41) is 3.50. The number of nitrogens with zero attached hydrogens (tertiary/aromatic N) is 2. The van der Waals surface area contributed by atoms with Gasteiger partial charge < -0.3 is 14.1 Å². The third-order valence-corrected chi connectivity index (χ3v) is 3.34. The van der Waals surface area contributed by atoms with Crippen molar-refractivity contribution in [2.45, 2.75) is 19.4 Å². The van der Waals surface area contributed by atoms with Crippen molar-refractivity contribution in [3.8, 4) is 0 Å². The summed E-state index contributed by atoms with van der Waals surface area (Å²) >= 11 is 5.91. The number of halogens is 1. The van der Waals surface area contributed by atoms with Crippen LogP contribution in [-0.4, -0.2) is 21.3 Å². The molecule has 1 amide bonds. The molecule has 1 atom stereocenters. The number of amides is 1. The van der Waals surface area contributed by atoms with Crippen molar-refractivity contribution >= 4 is 23.2 Å². The summed E-state index contributed by atoms with van der Waals surface area (Å²) in [6.45, 7) is 1.92. The van der Waals surface area contributed by atoms with E-state index in [0.717, 1.165) is 5.76 Å². The molecule has 3 aromatic rings. The zero-order valence-corrected chi connectivity index (χ0v) is 12.2. The number of fused-ring (bicyclic) bond motifs is 1. The van der Waals surface area contributed by atoms with Crippen LogP contribution in [0, 0.1) is 0 Å². The summed E-state index contributed by atoms with van der Waals surface area (Å²) in [4.78, 5) is 16.5. The molecule has 0 aromatic carbocycles. The smallest absolute Gasteiger partial charge is 0.271 e. The maximum atomic E-state index is 12.2. The van der Waals surface area contributed by atoms with Gasteiger partial charge in [-0.3, -0.25) is 4.79 Å². The van der Waals surface area contributed by atoms with E-state index in [1.807, 2.05) is 19.1 Å². The summed E-state index contributed by atoms with van der Waals surface area (Å²) in [7, 11) is 0. The molecule has 0 fully saturated rings. The first-order valence-corrected chi connectivity index (χ1v) is 6.97. The van der Waals surface area contributed by atoms with E-state index in [1.165, 1.54) is 0 Å². The van der Waals surface area contributed by atoms with Crippen molar-refractivity contribution in [3.05, 3.63) is 59.4 Å². The lowest BCUT2D eigenvalue weighted by atomic mass is 10.2. The minimum atomic E-state index is -0.214. The van der Waals surface area contributed by atoms with Crippen LogP contribution in [0.5, 0.6) is 0 Å². The van der Waals surface area contributed by atoms with Gasteiger partial charge in [0.05, 0.1) is 11.3 Å². The molecule has 0 aliphatic heterocycles.